The summed E-state index contributed by atoms with van der Waals surface area (Å²) in [4.78, 5) is 8.56. The minimum Gasteiger partial charge on any atom is -0.311 e. The Morgan fingerprint density at radius 2 is 1.52 bits per heavy atom. The van der Waals surface area contributed by atoms with Gasteiger partial charge in [0.25, 0.3) is 12.0 Å². The van der Waals surface area contributed by atoms with Crippen LogP contribution in [-0.2, 0) is 22.7 Å². The van der Waals surface area contributed by atoms with Crippen LogP contribution in [0.25, 0.3) is 21.5 Å². The average Bonchev–Trinajstić information content (AvgIpc) is 3.45. The summed E-state index contributed by atoms with van der Waals surface area (Å²) in [6.07, 6.45) is 8.47. The number of rotatable bonds is 5. The van der Waals surface area contributed by atoms with Crippen molar-refractivity contribution < 1.29 is 9.15 Å². The van der Waals surface area contributed by atoms with Gasteiger partial charge in [-0.1, -0.05) is 122 Å². The van der Waals surface area contributed by atoms with Crippen molar-refractivity contribution in [2.75, 3.05) is 0 Å². The molecule has 5 atom stereocenters. The first kappa shape index (κ1) is 37.5. The normalized spacial score (nSPS) is 28.7. The molecule has 0 bridgehead atoms. The molecule has 56 heavy (non-hydrogen) atoms. The monoisotopic (exact) mass is 747 g/mol. The number of aliphatic imine (C=N–C) groups is 1. The summed E-state index contributed by atoms with van der Waals surface area (Å²) in [7, 11) is 0. The fourth-order valence-corrected chi connectivity index (χ4v) is 12.8. The highest BCUT2D eigenvalue weighted by Gasteiger charge is 3.00. The van der Waals surface area contributed by atoms with Crippen molar-refractivity contribution in [1.29, 1.82) is 0 Å². The molecule has 4 nitrogen and oxygen atoms in total. The number of nitrogens with zero attached hydrogens (tertiary/aromatic N) is 4. The Bertz CT molecular complexity index is 2480. The van der Waals surface area contributed by atoms with Crippen molar-refractivity contribution in [3.8, 4) is 0 Å². The average molecular weight is 747 g/mol. The molecule has 4 heteroatoms. The van der Waals surface area contributed by atoms with Crippen LogP contribution in [0.2, 0.25) is 0 Å². The van der Waals surface area contributed by atoms with Gasteiger partial charge in [0.2, 0.25) is 5.54 Å². The summed E-state index contributed by atoms with van der Waals surface area (Å²) < 4.78 is 5.51. The topological polar surface area (TPSA) is 21.6 Å². The van der Waals surface area contributed by atoms with Gasteiger partial charge in [0.1, 0.15) is 17.2 Å². The molecule has 292 valence electrons. The van der Waals surface area contributed by atoms with Crippen LogP contribution in [0.3, 0.4) is 0 Å². The summed E-state index contributed by atoms with van der Waals surface area (Å²) in [5.41, 5.74) is 10.5. The van der Waals surface area contributed by atoms with E-state index in [9.17, 15) is 0 Å². The number of hydrogen-bond acceptors (Lipinski definition) is 2. The minimum atomic E-state index is -0.368. The number of hydrogen-bond donors (Lipinski definition) is 0. The van der Waals surface area contributed by atoms with Crippen molar-refractivity contribution >= 4 is 39.8 Å². The lowest BCUT2D eigenvalue weighted by Gasteiger charge is -2.39. The molecule has 4 aromatic rings. The summed E-state index contributed by atoms with van der Waals surface area (Å²) in [6, 6.07) is 24.6. The van der Waals surface area contributed by atoms with Gasteiger partial charge in [-0.15, -0.1) is 0 Å². The zero-order chi connectivity index (χ0) is 40.2. The smallest absolute Gasteiger partial charge is 0.297 e. The first-order valence-electron chi connectivity index (χ1n) is 21.7. The molecule has 1 spiro atoms. The van der Waals surface area contributed by atoms with Crippen LogP contribution in [0.15, 0.2) is 77.4 Å². The van der Waals surface area contributed by atoms with E-state index in [0.717, 1.165) is 6.42 Å². The van der Waals surface area contributed by atoms with Crippen LogP contribution in [-0.4, -0.2) is 61.6 Å². The molecule has 1 saturated carbocycles. The van der Waals surface area contributed by atoms with E-state index in [4.69, 9.17) is 4.99 Å². The summed E-state index contributed by atoms with van der Waals surface area (Å²) >= 11 is 0. The van der Waals surface area contributed by atoms with Crippen molar-refractivity contribution in [2.24, 2.45) is 16.8 Å². The van der Waals surface area contributed by atoms with Gasteiger partial charge in [0, 0.05) is 28.8 Å². The summed E-state index contributed by atoms with van der Waals surface area (Å²) in [6.45, 7) is 36.4. The third kappa shape index (κ3) is 4.35. The maximum atomic E-state index is 5.78. The Morgan fingerprint density at radius 1 is 0.821 bits per heavy atom. The predicted octanol–water partition coefficient (Wildman–Crippen LogP) is 11.3. The van der Waals surface area contributed by atoms with Crippen molar-refractivity contribution in [3.63, 3.8) is 0 Å². The summed E-state index contributed by atoms with van der Waals surface area (Å²) in [5, 5.41) is 5.62. The van der Waals surface area contributed by atoms with Gasteiger partial charge >= 0.3 is 0 Å². The molecule has 0 amide bonds. The second-order valence-electron chi connectivity index (χ2n) is 21.2. The highest BCUT2D eigenvalue weighted by atomic mass is 15.5. The summed E-state index contributed by atoms with van der Waals surface area (Å²) in [5.74, 6) is 1.13. The molecule has 5 aliphatic rings. The first-order valence-corrected chi connectivity index (χ1v) is 21.7. The van der Waals surface area contributed by atoms with E-state index >= 15 is 0 Å². The third-order valence-corrected chi connectivity index (χ3v) is 15.2. The minimum absolute atomic E-state index is 0.0403. The van der Waals surface area contributed by atoms with Crippen molar-refractivity contribution in [1.82, 2.24) is 4.90 Å². The number of benzene rings is 4. The van der Waals surface area contributed by atoms with E-state index in [-0.39, 0.29) is 51.5 Å². The Labute approximate surface area is 337 Å². The molecule has 0 saturated heterocycles. The zero-order valence-corrected chi connectivity index (χ0v) is 37.0. The maximum Gasteiger partial charge on any atom is 0.297 e. The van der Waals surface area contributed by atoms with Crippen LogP contribution < -0.4 is 0 Å². The Kier molecular flexibility index (Phi) is 7.88. The van der Waals surface area contributed by atoms with E-state index in [1.54, 1.807) is 0 Å². The van der Waals surface area contributed by atoms with Gasteiger partial charge in [-0.2, -0.15) is 0 Å². The number of fused-ring (bicyclic) bond motifs is 15. The van der Waals surface area contributed by atoms with Crippen molar-refractivity contribution in [3.05, 3.63) is 106 Å². The van der Waals surface area contributed by atoms with E-state index in [0.29, 0.717) is 11.8 Å². The standard InChI is InChI=1S/C52H66N4/c1-30(2)25-35-20-18-19-34-23-24-39-43-46-40-26-41(48(9,10)11)37-21-16-17-22-38(37)44(40)50(14)51(15,56(46)29-53-47(43)49(12,13)45(39)42(34)35)52(50)54(32(5)6)27-36(31(3)4)28-55(52)33(7)8/h16-24,26-33,43,47H,25H2,1-15H3/q+2. The van der Waals surface area contributed by atoms with E-state index in [1.807, 2.05) is 0 Å². The second-order valence-corrected chi connectivity index (χ2v) is 21.2. The molecular weight excluding hydrogens is 681 g/mol. The lowest BCUT2D eigenvalue weighted by atomic mass is 9.71. The van der Waals surface area contributed by atoms with E-state index in [2.05, 4.69) is 197 Å². The third-order valence-electron chi connectivity index (χ3n) is 15.2. The fourth-order valence-electron chi connectivity index (χ4n) is 12.8. The fraction of sp³-hybridized carbons (Fsp3) is 0.519. The number of allylic oxidation sites excluding steroid dienone is 1. The molecule has 0 radical (unpaired) electrons. The zero-order valence-electron chi connectivity index (χ0n) is 37.0. The Balaban J connectivity index is 1.45. The van der Waals surface area contributed by atoms with Gasteiger partial charge < -0.3 is 4.90 Å². The Morgan fingerprint density at radius 3 is 2.14 bits per heavy atom. The van der Waals surface area contributed by atoms with Crippen LogP contribution in [0.1, 0.15) is 143 Å². The van der Waals surface area contributed by atoms with Gasteiger partial charge in [-0.05, 0) is 121 Å². The van der Waals surface area contributed by atoms with E-state index < -0.39 is 0 Å². The predicted molar refractivity (Wildman–Crippen MR) is 237 cm³/mol. The van der Waals surface area contributed by atoms with Gasteiger partial charge in [0.05, 0.1) is 5.92 Å². The highest BCUT2D eigenvalue weighted by molar-refractivity contribution is 6.13. The van der Waals surface area contributed by atoms with Gasteiger partial charge in [-0.3, -0.25) is 0 Å². The van der Waals surface area contributed by atoms with Crippen LogP contribution in [0.5, 0.6) is 0 Å². The van der Waals surface area contributed by atoms with Crippen LogP contribution >= 0.6 is 0 Å². The quantitative estimate of drug-likeness (QED) is 0.186. The molecule has 0 aromatic heterocycles. The van der Waals surface area contributed by atoms with Gasteiger partial charge in [0.15, 0.2) is 12.3 Å². The second kappa shape index (κ2) is 11.8. The van der Waals surface area contributed by atoms with Crippen LogP contribution in [0.4, 0.5) is 0 Å². The molecule has 3 aliphatic heterocycles. The largest absolute Gasteiger partial charge is 0.311 e. The van der Waals surface area contributed by atoms with Crippen LogP contribution in [0, 0.1) is 11.8 Å². The molecule has 0 N–H and O–H groups in total. The Hall–Kier alpha value is -4.05. The van der Waals surface area contributed by atoms with Gasteiger partial charge in [-0.25, -0.2) is 9.15 Å². The molecular formula is C52H66N4+2. The molecule has 3 heterocycles. The first-order chi connectivity index (χ1) is 26.3. The SMILES string of the molecule is CC(C)Cc1cccc2ccc3c(c12)C(C)(C)C1N=C[N+]2=C(c4cc(C(C)(C)C)c5ccccc5c4C4(C)C2(C)C42N(C(C)C)C=C(C(C)C)C=[N+]2C(C)C)C31. The van der Waals surface area contributed by atoms with E-state index in [1.165, 1.54) is 66.2 Å². The van der Waals surface area contributed by atoms with Crippen molar-refractivity contribution in [2.45, 2.75) is 162 Å². The molecule has 1 fully saturated rings. The lowest BCUT2D eigenvalue weighted by molar-refractivity contribution is -0.662. The molecule has 5 unspecified atom stereocenters. The lowest BCUT2D eigenvalue weighted by Crippen LogP contribution is -2.60. The molecule has 9 rings (SSSR count). The highest BCUT2D eigenvalue weighted by Crippen LogP contribution is 2.75. The molecule has 4 aromatic carbocycles. The maximum absolute atomic E-state index is 5.78. The molecule has 2 aliphatic carbocycles.